The molecule has 0 aromatic carbocycles. The van der Waals surface area contributed by atoms with E-state index >= 15 is 0 Å². The van der Waals surface area contributed by atoms with E-state index in [2.05, 4.69) is 16.0 Å². The fourth-order valence-electron chi connectivity index (χ4n) is 2.48. The molecule has 12 heteroatoms. The lowest BCUT2D eigenvalue weighted by atomic mass is 9.99. The van der Waals surface area contributed by atoms with Crippen LogP contribution in [0.5, 0.6) is 0 Å². The molecule has 0 heterocycles. The van der Waals surface area contributed by atoms with E-state index in [1.54, 1.807) is 6.92 Å². The van der Waals surface area contributed by atoms with Crippen molar-refractivity contribution in [2.24, 2.45) is 17.4 Å². The van der Waals surface area contributed by atoms with Gasteiger partial charge < -0.3 is 37.6 Å². The molecule has 3 amide bonds. The summed E-state index contributed by atoms with van der Waals surface area (Å²) < 4.78 is 0. The molecule has 9 N–H and O–H groups in total. The van der Waals surface area contributed by atoms with Gasteiger partial charge in [0.05, 0.1) is 12.5 Å². The van der Waals surface area contributed by atoms with Crippen molar-refractivity contribution in [1.82, 2.24) is 16.0 Å². The van der Waals surface area contributed by atoms with Crippen LogP contribution in [0, 0.1) is 5.92 Å². The third-order valence-electron chi connectivity index (χ3n) is 4.57. The molecular formula is C18H33N5O7. The first-order valence-corrected chi connectivity index (χ1v) is 9.81. The van der Waals surface area contributed by atoms with Gasteiger partial charge in [-0.2, -0.15) is 0 Å². The lowest BCUT2D eigenvalue weighted by Gasteiger charge is -2.24. The van der Waals surface area contributed by atoms with Gasteiger partial charge in [0.1, 0.15) is 18.6 Å². The normalized spacial score (nSPS) is 14.7. The van der Waals surface area contributed by atoms with Crippen molar-refractivity contribution < 1.29 is 34.2 Å². The summed E-state index contributed by atoms with van der Waals surface area (Å²) in [5, 5.41) is 24.7. The minimum Gasteiger partial charge on any atom is -0.481 e. The van der Waals surface area contributed by atoms with Gasteiger partial charge in [0.2, 0.25) is 17.7 Å². The topological polar surface area (TPSA) is 214 Å². The first-order valence-electron chi connectivity index (χ1n) is 9.81. The highest BCUT2D eigenvalue weighted by atomic mass is 16.4. The fraction of sp³-hybridized carbons (Fsp3) is 0.722. The van der Waals surface area contributed by atoms with Crippen molar-refractivity contribution in [2.45, 2.75) is 64.1 Å². The van der Waals surface area contributed by atoms with E-state index in [1.807, 2.05) is 6.92 Å². The van der Waals surface area contributed by atoms with Crippen molar-refractivity contribution in [1.29, 1.82) is 0 Å². The molecule has 0 aliphatic carbocycles. The highest BCUT2D eigenvalue weighted by molar-refractivity contribution is 5.95. The number of amides is 3. The molecule has 172 valence electrons. The highest BCUT2D eigenvalue weighted by Gasteiger charge is 2.30. The van der Waals surface area contributed by atoms with Gasteiger partial charge in [-0.05, 0) is 31.7 Å². The third kappa shape index (κ3) is 10.7. The Hall–Kier alpha value is -2.73. The molecule has 4 unspecified atom stereocenters. The zero-order valence-corrected chi connectivity index (χ0v) is 17.3. The van der Waals surface area contributed by atoms with E-state index in [4.69, 9.17) is 21.7 Å². The molecule has 0 rings (SSSR count). The van der Waals surface area contributed by atoms with Crippen molar-refractivity contribution >= 4 is 29.7 Å². The van der Waals surface area contributed by atoms with Crippen LogP contribution < -0.4 is 27.4 Å². The van der Waals surface area contributed by atoms with Crippen molar-refractivity contribution in [3.8, 4) is 0 Å². The Morgan fingerprint density at radius 1 is 0.900 bits per heavy atom. The van der Waals surface area contributed by atoms with Crippen LogP contribution in [-0.2, 0) is 24.0 Å². The van der Waals surface area contributed by atoms with Crippen LogP contribution in [0.2, 0.25) is 0 Å². The van der Waals surface area contributed by atoms with E-state index < -0.39 is 60.8 Å². The summed E-state index contributed by atoms with van der Waals surface area (Å²) in [4.78, 5) is 58.9. The summed E-state index contributed by atoms with van der Waals surface area (Å²) in [5.41, 5.74) is 11.2. The number of hydrogen-bond donors (Lipinski definition) is 7. The van der Waals surface area contributed by atoms with Crippen LogP contribution in [0.4, 0.5) is 0 Å². The molecule has 0 aromatic heterocycles. The molecule has 0 spiro atoms. The lowest BCUT2D eigenvalue weighted by Crippen LogP contribution is -2.57. The molecule has 0 saturated heterocycles. The first-order chi connectivity index (χ1) is 14.0. The van der Waals surface area contributed by atoms with Crippen LogP contribution in [0.15, 0.2) is 0 Å². The lowest BCUT2D eigenvalue weighted by molar-refractivity contribution is -0.141. The van der Waals surface area contributed by atoms with E-state index in [0.29, 0.717) is 25.8 Å². The van der Waals surface area contributed by atoms with E-state index in [-0.39, 0.29) is 12.3 Å². The smallest absolute Gasteiger partial charge is 0.322 e. The molecule has 0 aromatic rings. The Balaban J connectivity index is 5.28. The van der Waals surface area contributed by atoms with Crippen LogP contribution in [0.25, 0.3) is 0 Å². The number of carbonyl (C=O) groups excluding carboxylic acids is 3. The molecule has 12 nitrogen and oxygen atoms in total. The van der Waals surface area contributed by atoms with Gasteiger partial charge in [0, 0.05) is 0 Å². The average molecular weight is 431 g/mol. The van der Waals surface area contributed by atoms with Gasteiger partial charge in [-0.3, -0.25) is 24.0 Å². The van der Waals surface area contributed by atoms with Gasteiger partial charge in [0.25, 0.3) is 0 Å². The molecule has 0 fully saturated rings. The largest absolute Gasteiger partial charge is 0.481 e. The Morgan fingerprint density at radius 3 is 2.00 bits per heavy atom. The summed E-state index contributed by atoms with van der Waals surface area (Å²) in [6.07, 6.45) is 1.09. The van der Waals surface area contributed by atoms with Gasteiger partial charge in [-0.25, -0.2) is 0 Å². The second-order valence-corrected chi connectivity index (χ2v) is 7.03. The Kier molecular flexibility index (Phi) is 13.0. The molecule has 0 aliphatic heterocycles. The van der Waals surface area contributed by atoms with E-state index in [1.165, 1.54) is 0 Å². The van der Waals surface area contributed by atoms with Crippen molar-refractivity contribution in [3.63, 3.8) is 0 Å². The highest BCUT2D eigenvalue weighted by Crippen LogP contribution is 2.07. The predicted molar refractivity (Wildman–Crippen MR) is 107 cm³/mol. The van der Waals surface area contributed by atoms with Crippen molar-refractivity contribution in [2.75, 3.05) is 13.1 Å². The second kappa shape index (κ2) is 14.3. The summed E-state index contributed by atoms with van der Waals surface area (Å²) in [6.45, 7) is 3.31. The number of aliphatic carboxylic acids is 2. The quantitative estimate of drug-likeness (QED) is 0.144. The number of carbonyl (C=O) groups is 5. The maximum absolute atomic E-state index is 12.6. The van der Waals surface area contributed by atoms with Crippen LogP contribution in [0.3, 0.4) is 0 Å². The summed E-state index contributed by atoms with van der Waals surface area (Å²) in [6, 6.07) is -3.49. The maximum atomic E-state index is 12.6. The number of rotatable bonds is 15. The number of nitrogens with one attached hydrogen (secondary N) is 3. The molecule has 0 radical (unpaired) electrons. The van der Waals surface area contributed by atoms with Gasteiger partial charge in [-0.15, -0.1) is 0 Å². The van der Waals surface area contributed by atoms with Crippen LogP contribution in [0.1, 0.15) is 46.0 Å². The number of nitrogens with two attached hydrogens (primary N) is 2. The monoisotopic (exact) mass is 431 g/mol. The first kappa shape index (κ1) is 27.3. The number of carboxylic acid groups (broad SMARTS) is 2. The fourth-order valence-corrected chi connectivity index (χ4v) is 2.48. The molecule has 0 bridgehead atoms. The minimum absolute atomic E-state index is 0.161. The molecule has 4 atom stereocenters. The molecule has 0 aliphatic rings. The number of unbranched alkanes of at least 4 members (excludes halogenated alkanes) is 1. The molecule has 30 heavy (non-hydrogen) atoms. The molecular weight excluding hydrogens is 398 g/mol. The maximum Gasteiger partial charge on any atom is 0.322 e. The SMILES string of the molecule is CCC(C)C(N)C(=O)NC(CC(=O)O)C(=O)NC(CCCCN)C(=O)NCC(=O)O. The van der Waals surface area contributed by atoms with E-state index in [0.717, 1.165) is 0 Å². The predicted octanol–water partition coefficient (Wildman–Crippen LogP) is -1.87. The Morgan fingerprint density at radius 2 is 1.50 bits per heavy atom. The Labute approximate surface area is 175 Å². The van der Waals surface area contributed by atoms with E-state index in [9.17, 15) is 24.0 Å². The number of hydrogen-bond acceptors (Lipinski definition) is 7. The zero-order valence-electron chi connectivity index (χ0n) is 17.3. The van der Waals surface area contributed by atoms with Crippen molar-refractivity contribution in [3.05, 3.63) is 0 Å². The van der Waals surface area contributed by atoms with Gasteiger partial charge in [-0.1, -0.05) is 20.3 Å². The summed E-state index contributed by atoms with van der Waals surface area (Å²) >= 11 is 0. The van der Waals surface area contributed by atoms with Crippen LogP contribution >= 0.6 is 0 Å². The second-order valence-electron chi connectivity index (χ2n) is 7.03. The minimum atomic E-state index is -1.45. The van der Waals surface area contributed by atoms with Gasteiger partial charge >= 0.3 is 11.9 Å². The standard InChI is InChI=1S/C18H33N5O7/c1-3-10(2)15(20)18(30)23-12(8-13(24)25)17(29)22-11(6-4-5-7-19)16(28)21-9-14(26)27/h10-12,15H,3-9,19-20H2,1-2H3,(H,21,28)(H,22,29)(H,23,30)(H,24,25)(H,26,27). The zero-order chi connectivity index (χ0) is 23.3. The Bertz CT molecular complexity index is 614. The third-order valence-corrected chi connectivity index (χ3v) is 4.57. The van der Waals surface area contributed by atoms with Crippen LogP contribution in [-0.4, -0.2) is 71.1 Å². The number of carboxylic acids is 2. The average Bonchev–Trinajstić information content (AvgIpc) is 2.68. The molecule has 0 saturated carbocycles. The summed E-state index contributed by atoms with van der Waals surface area (Å²) in [5.74, 6) is -5.08. The van der Waals surface area contributed by atoms with Gasteiger partial charge in [0.15, 0.2) is 0 Å². The summed E-state index contributed by atoms with van der Waals surface area (Å²) in [7, 11) is 0.